The predicted molar refractivity (Wildman–Crippen MR) is 81.1 cm³/mol. The molecule has 0 aliphatic heterocycles. The lowest BCUT2D eigenvalue weighted by atomic mass is 10.1. The number of rotatable bonds is 4. The number of nitrogens with one attached hydrogen (secondary N) is 1. The average molecular weight is 346 g/mol. The minimum absolute atomic E-state index is 0.125. The van der Waals surface area contributed by atoms with Gasteiger partial charge in [-0.2, -0.15) is 11.8 Å². The van der Waals surface area contributed by atoms with E-state index in [1.807, 2.05) is 11.8 Å². The molecule has 1 N–H and O–H groups in total. The Morgan fingerprint density at radius 3 is 3.00 bits per heavy atom. The number of thioether (sulfide) groups is 1. The van der Waals surface area contributed by atoms with E-state index in [4.69, 9.17) is 0 Å². The van der Waals surface area contributed by atoms with Gasteiger partial charge in [-0.1, -0.05) is 13.3 Å². The summed E-state index contributed by atoms with van der Waals surface area (Å²) in [6.45, 7) is 2.14. The Morgan fingerprint density at radius 2 is 2.32 bits per heavy atom. The van der Waals surface area contributed by atoms with Crippen LogP contribution in [0.5, 0.6) is 0 Å². The second kappa shape index (κ2) is 6.75. The topological polar surface area (TPSA) is 29.1 Å². The van der Waals surface area contributed by atoms with Crippen molar-refractivity contribution < 1.29 is 9.18 Å². The fourth-order valence-electron chi connectivity index (χ4n) is 2.42. The van der Waals surface area contributed by atoms with Gasteiger partial charge in [0.15, 0.2) is 0 Å². The van der Waals surface area contributed by atoms with E-state index in [2.05, 4.69) is 28.2 Å². The fraction of sp³-hybridized carbons (Fsp3) is 0.500. The van der Waals surface area contributed by atoms with E-state index in [9.17, 15) is 9.18 Å². The molecule has 0 spiro atoms. The van der Waals surface area contributed by atoms with E-state index in [0.717, 1.165) is 25.0 Å². The molecule has 0 bridgehead atoms. The Balaban J connectivity index is 2.04. The van der Waals surface area contributed by atoms with E-state index < -0.39 is 0 Å². The molecule has 5 heteroatoms. The summed E-state index contributed by atoms with van der Waals surface area (Å²) in [6, 6.07) is 4.38. The molecule has 1 aromatic rings. The van der Waals surface area contributed by atoms with Gasteiger partial charge in [-0.15, -0.1) is 0 Å². The third kappa shape index (κ3) is 3.72. The van der Waals surface area contributed by atoms with Crippen molar-refractivity contribution in [1.82, 2.24) is 5.32 Å². The summed E-state index contributed by atoms with van der Waals surface area (Å²) in [5, 5.41) is 3.59. The maximum absolute atomic E-state index is 13.0. The quantitative estimate of drug-likeness (QED) is 0.893. The second-order valence-corrected chi connectivity index (χ2v) is 7.00. The molecule has 19 heavy (non-hydrogen) atoms. The standard InChI is InChI=1S/C14H17BrFNOS/c1-2-19-13-5-3-4-12(13)17-14(18)10-7-6-9(16)8-11(10)15/h6-8,12-13H,2-5H2,1H3,(H,17,18). The van der Waals surface area contributed by atoms with E-state index >= 15 is 0 Å². The molecule has 0 aromatic heterocycles. The molecular weight excluding hydrogens is 329 g/mol. The lowest BCUT2D eigenvalue weighted by Gasteiger charge is -2.20. The summed E-state index contributed by atoms with van der Waals surface area (Å²) < 4.78 is 13.5. The van der Waals surface area contributed by atoms with Crippen LogP contribution in [-0.2, 0) is 0 Å². The molecule has 1 amide bonds. The van der Waals surface area contributed by atoms with Gasteiger partial charge in [0, 0.05) is 15.8 Å². The van der Waals surface area contributed by atoms with Crippen LogP contribution in [0.2, 0.25) is 0 Å². The largest absolute Gasteiger partial charge is 0.348 e. The Hall–Kier alpha value is -0.550. The minimum Gasteiger partial charge on any atom is -0.348 e. The van der Waals surface area contributed by atoms with E-state index in [1.54, 1.807) is 0 Å². The first-order valence-electron chi connectivity index (χ1n) is 6.49. The van der Waals surface area contributed by atoms with Crippen LogP contribution in [0.3, 0.4) is 0 Å². The van der Waals surface area contributed by atoms with Crippen LogP contribution in [0.15, 0.2) is 22.7 Å². The monoisotopic (exact) mass is 345 g/mol. The first kappa shape index (κ1) is 14.9. The molecule has 2 nitrogen and oxygen atoms in total. The van der Waals surface area contributed by atoms with Gasteiger partial charge >= 0.3 is 0 Å². The Labute approximate surface area is 125 Å². The minimum atomic E-state index is -0.344. The highest BCUT2D eigenvalue weighted by Crippen LogP contribution is 2.30. The lowest BCUT2D eigenvalue weighted by molar-refractivity contribution is 0.0938. The van der Waals surface area contributed by atoms with Crippen LogP contribution in [0.4, 0.5) is 4.39 Å². The predicted octanol–water partition coefficient (Wildman–Crippen LogP) is 3.99. The number of hydrogen-bond donors (Lipinski definition) is 1. The van der Waals surface area contributed by atoms with Gasteiger partial charge in [-0.05, 0) is 52.7 Å². The molecule has 1 saturated carbocycles. The van der Waals surface area contributed by atoms with E-state index in [0.29, 0.717) is 15.3 Å². The normalized spacial score (nSPS) is 22.5. The van der Waals surface area contributed by atoms with Gasteiger partial charge in [0.1, 0.15) is 5.82 Å². The van der Waals surface area contributed by atoms with E-state index in [1.165, 1.54) is 18.2 Å². The van der Waals surface area contributed by atoms with Crippen LogP contribution in [0, 0.1) is 5.82 Å². The van der Waals surface area contributed by atoms with Crippen molar-refractivity contribution in [3.8, 4) is 0 Å². The molecule has 0 saturated heterocycles. The first-order valence-corrected chi connectivity index (χ1v) is 8.33. The molecular formula is C14H17BrFNOS. The number of carbonyl (C=O) groups excluding carboxylic acids is 1. The van der Waals surface area contributed by atoms with Crippen LogP contribution >= 0.6 is 27.7 Å². The molecule has 1 aliphatic carbocycles. The maximum Gasteiger partial charge on any atom is 0.252 e. The van der Waals surface area contributed by atoms with Crippen molar-refractivity contribution >= 4 is 33.6 Å². The third-order valence-corrected chi connectivity index (χ3v) is 5.31. The number of amides is 1. The molecule has 104 valence electrons. The summed E-state index contributed by atoms with van der Waals surface area (Å²) >= 11 is 5.14. The van der Waals surface area contributed by atoms with Crippen LogP contribution in [0.25, 0.3) is 0 Å². The number of benzene rings is 1. The molecule has 1 aliphatic rings. The fourth-order valence-corrected chi connectivity index (χ4v) is 4.15. The Morgan fingerprint density at radius 1 is 1.53 bits per heavy atom. The van der Waals surface area contributed by atoms with Gasteiger partial charge in [-0.3, -0.25) is 4.79 Å². The van der Waals surface area contributed by atoms with Crippen molar-refractivity contribution in [3.63, 3.8) is 0 Å². The van der Waals surface area contributed by atoms with Crippen molar-refractivity contribution in [2.75, 3.05) is 5.75 Å². The summed E-state index contributed by atoms with van der Waals surface area (Å²) in [5.74, 6) is 0.598. The molecule has 2 unspecified atom stereocenters. The SMILES string of the molecule is CCSC1CCCC1NC(=O)c1ccc(F)cc1Br. The van der Waals surface area contributed by atoms with Crippen LogP contribution in [0.1, 0.15) is 36.5 Å². The number of halogens is 2. The highest BCUT2D eigenvalue weighted by Gasteiger charge is 2.29. The van der Waals surface area contributed by atoms with Gasteiger partial charge in [-0.25, -0.2) is 4.39 Å². The van der Waals surface area contributed by atoms with Gasteiger partial charge in [0.2, 0.25) is 0 Å². The molecule has 1 fully saturated rings. The molecule has 2 atom stereocenters. The van der Waals surface area contributed by atoms with Crippen molar-refractivity contribution in [2.24, 2.45) is 0 Å². The Bertz CT molecular complexity index is 469. The van der Waals surface area contributed by atoms with Gasteiger partial charge in [0.25, 0.3) is 5.91 Å². The maximum atomic E-state index is 13.0. The second-order valence-electron chi connectivity index (χ2n) is 4.63. The average Bonchev–Trinajstić information content (AvgIpc) is 2.77. The van der Waals surface area contributed by atoms with Crippen molar-refractivity contribution in [1.29, 1.82) is 0 Å². The number of carbonyl (C=O) groups is 1. The smallest absolute Gasteiger partial charge is 0.252 e. The zero-order valence-electron chi connectivity index (χ0n) is 10.8. The van der Waals surface area contributed by atoms with Crippen LogP contribution < -0.4 is 5.32 Å². The summed E-state index contributed by atoms with van der Waals surface area (Å²) in [5.41, 5.74) is 0.494. The highest BCUT2D eigenvalue weighted by atomic mass is 79.9. The molecule has 1 aromatic carbocycles. The number of hydrogen-bond acceptors (Lipinski definition) is 2. The first-order chi connectivity index (χ1) is 9.11. The lowest BCUT2D eigenvalue weighted by Crippen LogP contribution is -2.38. The van der Waals surface area contributed by atoms with E-state index in [-0.39, 0.29) is 17.8 Å². The zero-order valence-corrected chi connectivity index (χ0v) is 13.2. The molecule has 2 rings (SSSR count). The molecule has 0 radical (unpaired) electrons. The molecule has 0 heterocycles. The highest BCUT2D eigenvalue weighted by molar-refractivity contribution is 9.10. The Kier molecular flexibility index (Phi) is 5.28. The van der Waals surface area contributed by atoms with Crippen molar-refractivity contribution in [3.05, 3.63) is 34.1 Å². The van der Waals surface area contributed by atoms with Crippen LogP contribution in [-0.4, -0.2) is 23.0 Å². The summed E-state index contributed by atoms with van der Waals surface area (Å²) in [7, 11) is 0. The third-order valence-electron chi connectivity index (χ3n) is 3.33. The summed E-state index contributed by atoms with van der Waals surface area (Å²) in [4.78, 5) is 12.2. The van der Waals surface area contributed by atoms with Gasteiger partial charge in [0.05, 0.1) is 5.56 Å². The van der Waals surface area contributed by atoms with Gasteiger partial charge < -0.3 is 5.32 Å². The summed E-state index contributed by atoms with van der Waals surface area (Å²) in [6.07, 6.45) is 3.35. The zero-order chi connectivity index (χ0) is 13.8. The van der Waals surface area contributed by atoms with Crippen molar-refractivity contribution in [2.45, 2.75) is 37.5 Å².